The highest BCUT2D eigenvalue weighted by atomic mass is 19.1. The molecule has 1 aliphatic heterocycles. The Labute approximate surface area is 162 Å². The van der Waals surface area contributed by atoms with Crippen LogP contribution < -0.4 is 5.32 Å². The number of carbonyl (C=O) groups excluding carboxylic acids is 2. The zero-order valence-electron chi connectivity index (χ0n) is 16.1. The van der Waals surface area contributed by atoms with Crippen LogP contribution in [0.4, 0.5) is 9.18 Å². The predicted molar refractivity (Wildman–Crippen MR) is 99.7 cm³/mol. The fraction of sp³-hybridized carbons (Fsp3) is 0.450. The second-order valence-electron chi connectivity index (χ2n) is 7.21. The predicted octanol–water partition coefficient (Wildman–Crippen LogP) is 3.38. The van der Waals surface area contributed by atoms with Gasteiger partial charge in [0.25, 0.3) is 0 Å². The number of amides is 2. The monoisotopic (exact) mass is 389 g/mol. The van der Waals surface area contributed by atoms with Gasteiger partial charge in [-0.05, 0) is 43.5 Å². The van der Waals surface area contributed by atoms with Gasteiger partial charge < -0.3 is 19.4 Å². The number of urea groups is 1. The molecule has 1 saturated heterocycles. The summed E-state index contributed by atoms with van der Waals surface area (Å²) in [6, 6.07) is 5.15. The summed E-state index contributed by atoms with van der Waals surface area (Å²) in [6.45, 7) is 4.66. The largest absolute Gasteiger partial charge is 0.469 e. The maximum Gasteiger partial charge on any atom is 0.318 e. The lowest BCUT2D eigenvalue weighted by Gasteiger charge is -2.35. The van der Waals surface area contributed by atoms with Gasteiger partial charge in [-0.2, -0.15) is 0 Å². The number of rotatable bonds is 4. The molecule has 1 aromatic carbocycles. The first-order valence-corrected chi connectivity index (χ1v) is 9.22. The standard InChI is InChI=1S/C20H24FN3O4/c1-12-8-15(19(25)27-3)11-24(10-12)20(26)23-13(2)18-22-9-17(28-18)14-4-6-16(21)7-5-14/h4-7,9,12-13,15H,8,10-11H2,1-3H3,(H,23,26). The minimum absolute atomic E-state index is 0.200. The van der Waals surface area contributed by atoms with E-state index in [1.807, 2.05) is 6.92 Å². The van der Waals surface area contributed by atoms with Crippen LogP contribution >= 0.6 is 0 Å². The topological polar surface area (TPSA) is 84.7 Å². The van der Waals surface area contributed by atoms with Crippen molar-refractivity contribution in [3.63, 3.8) is 0 Å². The summed E-state index contributed by atoms with van der Waals surface area (Å²) in [4.78, 5) is 30.3. The van der Waals surface area contributed by atoms with Crippen LogP contribution in [-0.4, -0.2) is 42.1 Å². The molecular formula is C20H24FN3O4. The summed E-state index contributed by atoms with van der Waals surface area (Å²) in [5, 5.41) is 2.86. The third kappa shape index (κ3) is 4.49. The molecule has 7 nitrogen and oxygen atoms in total. The van der Waals surface area contributed by atoms with Crippen molar-refractivity contribution in [1.29, 1.82) is 0 Å². The summed E-state index contributed by atoms with van der Waals surface area (Å²) >= 11 is 0. The van der Waals surface area contributed by atoms with Crippen molar-refractivity contribution in [2.45, 2.75) is 26.3 Å². The number of benzene rings is 1. The highest BCUT2D eigenvalue weighted by molar-refractivity contribution is 5.77. The Kier molecular flexibility index (Phi) is 5.96. The van der Waals surface area contributed by atoms with Gasteiger partial charge >= 0.3 is 12.0 Å². The van der Waals surface area contributed by atoms with Crippen molar-refractivity contribution in [2.75, 3.05) is 20.2 Å². The average molecular weight is 389 g/mol. The molecular weight excluding hydrogens is 365 g/mol. The second kappa shape index (κ2) is 8.41. The highest BCUT2D eigenvalue weighted by Gasteiger charge is 2.33. The number of likely N-dealkylation sites (tertiary alicyclic amines) is 1. The van der Waals surface area contributed by atoms with Gasteiger partial charge in [0.15, 0.2) is 5.76 Å². The van der Waals surface area contributed by atoms with E-state index in [4.69, 9.17) is 9.15 Å². The molecule has 3 atom stereocenters. The molecule has 0 saturated carbocycles. The summed E-state index contributed by atoms with van der Waals surface area (Å²) in [6.07, 6.45) is 2.24. The number of methoxy groups -OCH3 is 1. The Bertz CT molecular complexity index is 836. The quantitative estimate of drug-likeness (QED) is 0.811. The minimum Gasteiger partial charge on any atom is -0.469 e. The van der Waals surface area contributed by atoms with Gasteiger partial charge in [-0.3, -0.25) is 4.79 Å². The van der Waals surface area contributed by atoms with E-state index in [0.717, 1.165) is 0 Å². The lowest BCUT2D eigenvalue weighted by molar-refractivity contribution is -0.147. The molecule has 0 aliphatic carbocycles. The Balaban J connectivity index is 1.64. The highest BCUT2D eigenvalue weighted by Crippen LogP contribution is 2.25. The molecule has 2 aromatic rings. The maximum absolute atomic E-state index is 13.1. The number of piperidine rings is 1. The molecule has 1 aliphatic rings. The van der Waals surface area contributed by atoms with E-state index < -0.39 is 6.04 Å². The van der Waals surface area contributed by atoms with Crippen molar-refractivity contribution < 1.29 is 23.1 Å². The van der Waals surface area contributed by atoms with Crippen LogP contribution in [0.3, 0.4) is 0 Å². The summed E-state index contributed by atoms with van der Waals surface area (Å²) < 4.78 is 23.6. The van der Waals surface area contributed by atoms with E-state index >= 15 is 0 Å². The summed E-state index contributed by atoms with van der Waals surface area (Å²) in [7, 11) is 1.36. The van der Waals surface area contributed by atoms with E-state index in [9.17, 15) is 14.0 Å². The number of esters is 1. The van der Waals surface area contributed by atoms with E-state index in [-0.39, 0.29) is 29.7 Å². The maximum atomic E-state index is 13.1. The van der Waals surface area contributed by atoms with Crippen molar-refractivity contribution in [2.24, 2.45) is 11.8 Å². The van der Waals surface area contributed by atoms with Gasteiger partial charge in [-0.1, -0.05) is 6.92 Å². The number of aromatic nitrogens is 1. The lowest BCUT2D eigenvalue weighted by Crippen LogP contribution is -2.50. The molecule has 2 heterocycles. The van der Waals surface area contributed by atoms with Gasteiger partial charge in [0, 0.05) is 18.7 Å². The first kappa shape index (κ1) is 19.9. The van der Waals surface area contributed by atoms with E-state index in [2.05, 4.69) is 10.3 Å². The minimum atomic E-state index is -0.462. The molecule has 1 N–H and O–H groups in total. The number of nitrogens with zero attached hydrogens (tertiary/aromatic N) is 2. The number of oxazole rings is 1. The van der Waals surface area contributed by atoms with E-state index in [1.54, 1.807) is 30.2 Å². The number of hydrogen-bond donors (Lipinski definition) is 1. The third-order valence-corrected chi connectivity index (χ3v) is 4.84. The van der Waals surface area contributed by atoms with E-state index in [1.165, 1.54) is 19.2 Å². The number of nitrogens with one attached hydrogen (secondary N) is 1. The summed E-state index contributed by atoms with van der Waals surface area (Å²) in [5.41, 5.74) is 0.699. The van der Waals surface area contributed by atoms with Crippen LogP contribution in [0.2, 0.25) is 0 Å². The first-order chi connectivity index (χ1) is 13.4. The number of ether oxygens (including phenoxy) is 1. The van der Waals surface area contributed by atoms with Crippen LogP contribution in [0.5, 0.6) is 0 Å². The lowest BCUT2D eigenvalue weighted by atomic mass is 9.90. The molecule has 3 unspecified atom stereocenters. The van der Waals surface area contributed by atoms with Crippen molar-refractivity contribution >= 4 is 12.0 Å². The van der Waals surface area contributed by atoms with Crippen molar-refractivity contribution in [3.05, 3.63) is 42.2 Å². The van der Waals surface area contributed by atoms with Gasteiger partial charge in [-0.15, -0.1) is 0 Å². The zero-order chi connectivity index (χ0) is 20.3. The second-order valence-corrected chi connectivity index (χ2v) is 7.21. The van der Waals surface area contributed by atoms with E-state index in [0.29, 0.717) is 36.7 Å². The van der Waals surface area contributed by atoms with Crippen LogP contribution in [0, 0.1) is 17.7 Å². The van der Waals surface area contributed by atoms with Crippen LogP contribution in [0.1, 0.15) is 32.2 Å². The summed E-state index contributed by atoms with van der Waals surface area (Å²) in [5.74, 6) is 0.0993. The number of halogens is 1. The molecule has 0 bridgehead atoms. The van der Waals surface area contributed by atoms with Crippen LogP contribution in [0.15, 0.2) is 34.9 Å². The fourth-order valence-corrected chi connectivity index (χ4v) is 3.43. The third-order valence-electron chi connectivity index (χ3n) is 4.84. The molecule has 2 amide bonds. The molecule has 1 fully saturated rings. The first-order valence-electron chi connectivity index (χ1n) is 9.22. The molecule has 8 heteroatoms. The van der Waals surface area contributed by atoms with Gasteiger partial charge in [0.1, 0.15) is 11.9 Å². The Morgan fingerprint density at radius 1 is 1.32 bits per heavy atom. The van der Waals surface area contributed by atoms with Crippen LogP contribution in [-0.2, 0) is 9.53 Å². The van der Waals surface area contributed by atoms with Gasteiger partial charge in [0.2, 0.25) is 5.89 Å². The zero-order valence-corrected chi connectivity index (χ0v) is 16.1. The molecule has 0 radical (unpaired) electrons. The van der Waals surface area contributed by atoms with Crippen molar-refractivity contribution in [1.82, 2.24) is 15.2 Å². The van der Waals surface area contributed by atoms with Gasteiger partial charge in [0.05, 0.1) is 19.2 Å². The molecule has 1 aromatic heterocycles. The molecule has 3 rings (SSSR count). The normalized spacial score (nSPS) is 20.5. The SMILES string of the molecule is COC(=O)C1CC(C)CN(C(=O)NC(C)c2ncc(-c3ccc(F)cc3)o2)C1. The Morgan fingerprint density at radius 3 is 2.71 bits per heavy atom. The van der Waals surface area contributed by atoms with Crippen molar-refractivity contribution in [3.8, 4) is 11.3 Å². The molecule has 28 heavy (non-hydrogen) atoms. The van der Waals surface area contributed by atoms with Crippen LogP contribution in [0.25, 0.3) is 11.3 Å². The number of carbonyl (C=O) groups is 2. The average Bonchev–Trinajstić information content (AvgIpc) is 3.17. The fourth-order valence-electron chi connectivity index (χ4n) is 3.43. The Morgan fingerprint density at radius 2 is 2.04 bits per heavy atom. The number of hydrogen-bond acceptors (Lipinski definition) is 5. The van der Waals surface area contributed by atoms with Gasteiger partial charge in [-0.25, -0.2) is 14.2 Å². The molecule has 150 valence electrons. The molecule has 0 spiro atoms. The smallest absolute Gasteiger partial charge is 0.318 e. The Hall–Kier alpha value is -2.90.